The molecular formula is C11H6F2N. The summed E-state index contributed by atoms with van der Waals surface area (Å²) in [7, 11) is 0. The predicted molar refractivity (Wildman–Crippen MR) is 48.4 cm³/mol. The van der Waals surface area contributed by atoms with Gasteiger partial charge in [0.2, 0.25) is 0 Å². The molecule has 0 bridgehead atoms. The van der Waals surface area contributed by atoms with Gasteiger partial charge in [-0.25, -0.2) is 8.78 Å². The summed E-state index contributed by atoms with van der Waals surface area (Å²) >= 11 is 0. The molecule has 1 radical (unpaired) electrons. The van der Waals surface area contributed by atoms with Crippen molar-refractivity contribution in [3.8, 4) is 11.3 Å². The van der Waals surface area contributed by atoms with Crippen LogP contribution in [0.5, 0.6) is 0 Å². The Labute approximate surface area is 80.0 Å². The van der Waals surface area contributed by atoms with Gasteiger partial charge in [-0.3, -0.25) is 4.98 Å². The number of hydrogen-bond acceptors (Lipinski definition) is 1. The molecule has 1 heterocycles. The van der Waals surface area contributed by atoms with Crippen LogP contribution < -0.4 is 0 Å². The van der Waals surface area contributed by atoms with E-state index in [0.717, 1.165) is 6.07 Å². The van der Waals surface area contributed by atoms with E-state index in [-0.39, 0.29) is 0 Å². The normalized spacial score (nSPS) is 10.1. The lowest BCUT2D eigenvalue weighted by molar-refractivity contribution is 0.584. The molecule has 0 aliphatic heterocycles. The maximum absolute atomic E-state index is 12.8. The van der Waals surface area contributed by atoms with E-state index in [1.54, 1.807) is 12.1 Å². The average Bonchev–Trinajstić information content (AvgIpc) is 2.18. The zero-order chi connectivity index (χ0) is 9.97. The Bertz CT molecular complexity index is 420. The molecule has 69 valence electrons. The molecule has 0 saturated carbocycles. The molecule has 2 rings (SSSR count). The predicted octanol–water partition coefficient (Wildman–Crippen LogP) is 2.83. The van der Waals surface area contributed by atoms with Crippen molar-refractivity contribution in [3.63, 3.8) is 0 Å². The Balaban J connectivity index is 2.52. The molecule has 0 fully saturated rings. The molecule has 0 amide bonds. The highest BCUT2D eigenvalue weighted by molar-refractivity contribution is 5.58. The monoisotopic (exact) mass is 190 g/mol. The highest BCUT2D eigenvalue weighted by atomic mass is 19.1. The number of aromatic nitrogens is 1. The lowest BCUT2D eigenvalue weighted by atomic mass is 10.1. The number of pyridine rings is 1. The van der Waals surface area contributed by atoms with Gasteiger partial charge < -0.3 is 0 Å². The Morgan fingerprint density at radius 3 is 2.36 bits per heavy atom. The Morgan fingerprint density at radius 1 is 1.07 bits per heavy atom. The molecule has 3 heteroatoms. The zero-order valence-electron chi connectivity index (χ0n) is 7.17. The lowest BCUT2D eigenvalue weighted by Gasteiger charge is -2.00. The van der Waals surface area contributed by atoms with Crippen molar-refractivity contribution < 1.29 is 8.78 Å². The molecule has 0 unspecified atom stereocenters. The average molecular weight is 190 g/mol. The van der Waals surface area contributed by atoms with E-state index < -0.39 is 11.6 Å². The van der Waals surface area contributed by atoms with Crippen LogP contribution in [0.25, 0.3) is 11.3 Å². The highest BCUT2D eigenvalue weighted by Crippen LogP contribution is 2.18. The summed E-state index contributed by atoms with van der Waals surface area (Å²) in [4.78, 5) is 3.94. The van der Waals surface area contributed by atoms with Crippen molar-refractivity contribution in [3.05, 3.63) is 54.2 Å². The van der Waals surface area contributed by atoms with E-state index >= 15 is 0 Å². The Kier molecular flexibility index (Phi) is 2.23. The Hall–Kier alpha value is -1.77. The number of hydrogen-bond donors (Lipinski definition) is 0. The third kappa shape index (κ3) is 1.76. The van der Waals surface area contributed by atoms with Crippen LogP contribution >= 0.6 is 0 Å². The van der Waals surface area contributed by atoms with Crippen LogP contribution in [0.4, 0.5) is 8.78 Å². The van der Waals surface area contributed by atoms with Crippen LogP contribution in [0.2, 0.25) is 0 Å². The van der Waals surface area contributed by atoms with Crippen molar-refractivity contribution in [2.45, 2.75) is 0 Å². The second-order valence-corrected chi connectivity index (χ2v) is 2.80. The van der Waals surface area contributed by atoms with Gasteiger partial charge in [0.15, 0.2) is 0 Å². The SMILES string of the molecule is Fc1cc(F)cc(-c2cc[c]cn2)c1. The van der Waals surface area contributed by atoms with Gasteiger partial charge in [0.25, 0.3) is 0 Å². The number of nitrogens with zero attached hydrogens (tertiary/aromatic N) is 1. The lowest BCUT2D eigenvalue weighted by Crippen LogP contribution is -1.86. The van der Waals surface area contributed by atoms with Crippen LogP contribution in [0.15, 0.2) is 36.5 Å². The topological polar surface area (TPSA) is 12.9 Å². The first-order valence-electron chi connectivity index (χ1n) is 4.04. The van der Waals surface area contributed by atoms with E-state index in [1.807, 2.05) is 0 Å². The fourth-order valence-corrected chi connectivity index (χ4v) is 1.19. The van der Waals surface area contributed by atoms with E-state index in [1.165, 1.54) is 18.3 Å². The molecule has 0 saturated heterocycles. The molecule has 14 heavy (non-hydrogen) atoms. The van der Waals surface area contributed by atoms with Gasteiger partial charge in [0.1, 0.15) is 11.6 Å². The van der Waals surface area contributed by atoms with E-state index in [4.69, 9.17) is 0 Å². The minimum atomic E-state index is -0.602. The maximum Gasteiger partial charge on any atom is 0.126 e. The van der Waals surface area contributed by atoms with Crippen LogP contribution in [-0.2, 0) is 0 Å². The van der Waals surface area contributed by atoms with Crippen molar-refractivity contribution in [1.29, 1.82) is 0 Å². The number of halogens is 2. The molecule has 1 aromatic heterocycles. The van der Waals surface area contributed by atoms with Crippen molar-refractivity contribution >= 4 is 0 Å². The molecule has 2 aromatic rings. The summed E-state index contributed by atoms with van der Waals surface area (Å²) in [6, 6.07) is 9.34. The van der Waals surface area contributed by atoms with Gasteiger partial charge in [-0.2, -0.15) is 0 Å². The summed E-state index contributed by atoms with van der Waals surface area (Å²) in [6.07, 6.45) is 1.46. The van der Waals surface area contributed by atoms with Crippen molar-refractivity contribution in [1.82, 2.24) is 4.98 Å². The molecule has 0 spiro atoms. The molecule has 0 aliphatic carbocycles. The van der Waals surface area contributed by atoms with Gasteiger partial charge >= 0.3 is 0 Å². The van der Waals surface area contributed by atoms with Crippen molar-refractivity contribution in [2.75, 3.05) is 0 Å². The molecule has 0 aliphatic rings. The van der Waals surface area contributed by atoms with Gasteiger partial charge in [0.05, 0.1) is 5.69 Å². The second kappa shape index (κ2) is 3.54. The fourth-order valence-electron chi connectivity index (χ4n) is 1.19. The van der Waals surface area contributed by atoms with Gasteiger partial charge in [-0.05, 0) is 18.2 Å². The molecule has 0 N–H and O–H groups in total. The van der Waals surface area contributed by atoms with Gasteiger partial charge in [-0.1, -0.05) is 6.07 Å². The molecule has 1 nitrogen and oxygen atoms in total. The largest absolute Gasteiger partial charge is 0.256 e. The molecular weight excluding hydrogens is 184 g/mol. The summed E-state index contributed by atoms with van der Waals surface area (Å²) in [5.74, 6) is -1.20. The van der Waals surface area contributed by atoms with Gasteiger partial charge in [0, 0.05) is 23.9 Å². The van der Waals surface area contributed by atoms with E-state index in [9.17, 15) is 8.78 Å². The minimum Gasteiger partial charge on any atom is -0.256 e. The van der Waals surface area contributed by atoms with Gasteiger partial charge in [-0.15, -0.1) is 0 Å². The first kappa shape index (κ1) is 8.81. The first-order valence-corrected chi connectivity index (χ1v) is 4.04. The van der Waals surface area contributed by atoms with Crippen molar-refractivity contribution in [2.24, 2.45) is 0 Å². The minimum absolute atomic E-state index is 0.427. The zero-order valence-corrected chi connectivity index (χ0v) is 7.17. The first-order chi connectivity index (χ1) is 6.75. The second-order valence-electron chi connectivity index (χ2n) is 2.80. The molecule has 0 atom stereocenters. The van der Waals surface area contributed by atoms with E-state index in [0.29, 0.717) is 11.3 Å². The third-order valence-electron chi connectivity index (χ3n) is 1.77. The number of benzene rings is 1. The van der Waals surface area contributed by atoms with Crippen LogP contribution in [0.3, 0.4) is 0 Å². The van der Waals surface area contributed by atoms with E-state index in [2.05, 4.69) is 11.1 Å². The standard InChI is InChI=1S/C11H6F2N/c12-9-5-8(6-10(13)7-9)11-3-1-2-4-14-11/h1,3-7H. The highest BCUT2D eigenvalue weighted by Gasteiger charge is 2.02. The summed E-state index contributed by atoms with van der Waals surface area (Å²) in [5.41, 5.74) is 0.957. The summed E-state index contributed by atoms with van der Waals surface area (Å²) in [5, 5.41) is 0. The quantitative estimate of drug-likeness (QED) is 0.673. The fraction of sp³-hybridized carbons (Fsp3) is 0. The summed E-state index contributed by atoms with van der Waals surface area (Å²) < 4.78 is 25.7. The maximum atomic E-state index is 12.8. The molecule has 1 aromatic carbocycles. The third-order valence-corrected chi connectivity index (χ3v) is 1.77. The Morgan fingerprint density at radius 2 is 1.79 bits per heavy atom. The van der Waals surface area contributed by atoms with Crippen LogP contribution in [-0.4, -0.2) is 4.98 Å². The number of rotatable bonds is 1. The summed E-state index contributed by atoms with van der Waals surface area (Å²) in [6.45, 7) is 0. The van der Waals surface area contributed by atoms with Crippen LogP contribution in [0, 0.1) is 17.7 Å². The van der Waals surface area contributed by atoms with Crippen LogP contribution in [0.1, 0.15) is 0 Å². The smallest absolute Gasteiger partial charge is 0.126 e.